The van der Waals surface area contributed by atoms with Crippen molar-refractivity contribution in [3.63, 3.8) is 0 Å². The first-order chi connectivity index (χ1) is 9.79. The molecular formula is C14H18BrN5. The van der Waals surface area contributed by atoms with Crippen LogP contribution in [-0.2, 0) is 19.4 Å². The molecule has 1 N–H and O–H groups in total. The van der Waals surface area contributed by atoms with E-state index >= 15 is 0 Å². The molecular weight excluding hydrogens is 318 g/mol. The highest BCUT2D eigenvalue weighted by molar-refractivity contribution is 9.10. The van der Waals surface area contributed by atoms with Crippen molar-refractivity contribution in [2.24, 2.45) is 0 Å². The summed E-state index contributed by atoms with van der Waals surface area (Å²) in [6.45, 7) is 3.17. The van der Waals surface area contributed by atoms with Gasteiger partial charge in [0, 0.05) is 31.5 Å². The standard InChI is InChI=1S/C14H18BrN5/c15-10-6-16-20(7-10)11-4-5-19(8-11)9-14-12-2-1-3-13(12)17-18-14/h6-7,11H,1-5,8-9H2,(H,17,18). The summed E-state index contributed by atoms with van der Waals surface area (Å²) in [5.41, 5.74) is 4.11. The Kier molecular flexibility index (Phi) is 3.15. The van der Waals surface area contributed by atoms with E-state index in [1.165, 1.54) is 42.6 Å². The maximum atomic E-state index is 4.51. The highest BCUT2D eigenvalue weighted by Gasteiger charge is 2.27. The number of aromatic amines is 1. The highest BCUT2D eigenvalue weighted by Crippen LogP contribution is 2.27. The van der Waals surface area contributed by atoms with Crippen LogP contribution >= 0.6 is 15.9 Å². The maximum absolute atomic E-state index is 4.51. The van der Waals surface area contributed by atoms with Crippen LogP contribution in [-0.4, -0.2) is 38.0 Å². The zero-order chi connectivity index (χ0) is 13.5. The fourth-order valence-corrected chi connectivity index (χ4v) is 3.72. The van der Waals surface area contributed by atoms with E-state index in [0.717, 1.165) is 24.1 Å². The molecule has 6 heteroatoms. The number of nitrogens with zero attached hydrogens (tertiary/aromatic N) is 4. The topological polar surface area (TPSA) is 49.7 Å². The third-order valence-corrected chi connectivity index (χ3v) is 4.87. The summed E-state index contributed by atoms with van der Waals surface area (Å²) in [4.78, 5) is 2.50. The van der Waals surface area contributed by atoms with Crippen molar-refractivity contribution >= 4 is 15.9 Å². The third kappa shape index (κ3) is 2.20. The van der Waals surface area contributed by atoms with Crippen molar-refractivity contribution in [3.8, 4) is 0 Å². The number of H-pyrrole nitrogens is 1. The van der Waals surface area contributed by atoms with Gasteiger partial charge in [-0.05, 0) is 47.2 Å². The average Bonchev–Trinajstić information content (AvgIpc) is 3.16. The monoisotopic (exact) mass is 335 g/mol. The molecule has 0 aromatic carbocycles. The van der Waals surface area contributed by atoms with Crippen molar-refractivity contribution in [2.45, 2.75) is 38.3 Å². The van der Waals surface area contributed by atoms with E-state index in [1.54, 1.807) is 0 Å². The molecule has 1 aliphatic heterocycles. The molecule has 2 aromatic rings. The van der Waals surface area contributed by atoms with E-state index in [9.17, 15) is 0 Å². The molecule has 5 nitrogen and oxygen atoms in total. The molecule has 20 heavy (non-hydrogen) atoms. The van der Waals surface area contributed by atoms with Crippen LogP contribution in [0.15, 0.2) is 16.9 Å². The van der Waals surface area contributed by atoms with E-state index in [-0.39, 0.29) is 0 Å². The lowest BCUT2D eigenvalue weighted by Gasteiger charge is -2.15. The van der Waals surface area contributed by atoms with Gasteiger partial charge in [0.15, 0.2) is 0 Å². The predicted molar refractivity (Wildman–Crippen MR) is 79.5 cm³/mol. The van der Waals surface area contributed by atoms with Gasteiger partial charge in [-0.2, -0.15) is 10.2 Å². The number of halogens is 1. The second kappa shape index (κ2) is 5.00. The Balaban J connectivity index is 1.43. The van der Waals surface area contributed by atoms with E-state index in [0.29, 0.717) is 6.04 Å². The van der Waals surface area contributed by atoms with Crippen LogP contribution in [0.25, 0.3) is 0 Å². The van der Waals surface area contributed by atoms with Gasteiger partial charge >= 0.3 is 0 Å². The summed E-state index contributed by atoms with van der Waals surface area (Å²) in [6, 6.07) is 0.494. The summed E-state index contributed by atoms with van der Waals surface area (Å²) < 4.78 is 3.14. The highest BCUT2D eigenvalue weighted by atomic mass is 79.9. The minimum absolute atomic E-state index is 0.494. The molecule has 0 spiro atoms. The molecule has 0 saturated carbocycles. The lowest BCUT2D eigenvalue weighted by Crippen LogP contribution is -2.22. The number of hydrogen-bond acceptors (Lipinski definition) is 3. The maximum Gasteiger partial charge on any atom is 0.0797 e. The summed E-state index contributed by atoms with van der Waals surface area (Å²) in [5, 5.41) is 12.1. The van der Waals surface area contributed by atoms with Gasteiger partial charge in [-0.1, -0.05) is 0 Å². The van der Waals surface area contributed by atoms with Gasteiger partial charge in [0.25, 0.3) is 0 Å². The van der Waals surface area contributed by atoms with Crippen molar-refractivity contribution in [2.75, 3.05) is 13.1 Å². The van der Waals surface area contributed by atoms with E-state index in [4.69, 9.17) is 0 Å². The number of nitrogens with one attached hydrogen (secondary N) is 1. The van der Waals surface area contributed by atoms with Crippen molar-refractivity contribution in [1.29, 1.82) is 0 Å². The number of rotatable bonds is 3. The normalized spacial score (nSPS) is 22.6. The molecule has 106 valence electrons. The van der Waals surface area contributed by atoms with Crippen LogP contribution in [0.1, 0.15) is 35.8 Å². The Bertz CT molecular complexity index is 617. The van der Waals surface area contributed by atoms with Crippen LogP contribution in [0.3, 0.4) is 0 Å². The second-order valence-corrected chi connectivity index (χ2v) is 6.71. The average molecular weight is 336 g/mol. The van der Waals surface area contributed by atoms with Crippen LogP contribution in [0.4, 0.5) is 0 Å². The molecule has 0 radical (unpaired) electrons. The Hall–Kier alpha value is -1.14. The SMILES string of the molecule is Brc1cnn(C2CCN(Cc3n[nH]c4c3CCC4)C2)c1. The predicted octanol–water partition coefficient (Wildman–Crippen LogP) is 2.30. The molecule has 2 aliphatic rings. The van der Waals surface area contributed by atoms with Gasteiger partial charge in [-0.25, -0.2) is 0 Å². The minimum atomic E-state index is 0.494. The molecule has 4 rings (SSSR count). The number of likely N-dealkylation sites (tertiary alicyclic amines) is 1. The van der Waals surface area contributed by atoms with Gasteiger partial charge in [-0.15, -0.1) is 0 Å². The van der Waals surface area contributed by atoms with Gasteiger partial charge in [0.05, 0.1) is 22.4 Å². The summed E-state index contributed by atoms with van der Waals surface area (Å²) in [7, 11) is 0. The number of aromatic nitrogens is 4. The fourth-order valence-electron chi connectivity index (χ4n) is 3.42. The first-order valence-electron chi connectivity index (χ1n) is 7.26. The smallest absolute Gasteiger partial charge is 0.0797 e. The molecule has 1 aliphatic carbocycles. The first kappa shape index (κ1) is 12.6. The molecule has 0 amide bonds. The molecule has 1 unspecified atom stereocenters. The van der Waals surface area contributed by atoms with Crippen LogP contribution < -0.4 is 0 Å². The molecule has 1 saturated heterocycles. The van der Waals surface area contributed by atoms with Crippen molar-refractivity contribution in [3.05, 3.63) is 33.8 Å². The lowest BCUT2D eigenvalue weighted by molar-refractivity contribution is 0.307. The van der Waals surface area contributed by atoms with Crippen LogP contribution in [0.2, 0.25) is 0 Å². The molecule has 2 aromatic heterocycles. The van der Waals surface area contributed by atoms with Gasteiger partial charge in [0.1, 0.15) is 0 Å². The molecule has 3 heterocycles. The van der Waals surface area contributed by atoms with Crippen molar-refractivity contribution in [1.82, 2.24) is 24.9 Å². The van der Waals surface area contributed by atoms with Crippen molar-refractivity contribution < 1.29 is 0 Å². The first-order valence-corrected chi connectivity index (χ1v) is 8.06. The number of fused-ring (bicyclic) bond motifs is 1. The van der Waals surface area contributed by atoms with E-state index in [2.05, 4.69) is 47.0 Å². The van der Waals surface area contributed by atoms with Gasteiger partial charge in [-0.3, -0.25) is 14.7 Å². The molecule has 0 bridgehead atoms. The summed E-state index contributed by atoms with van der Waals surface area (Å²) >= 11 is 3.47. The molecule has 1 fully saturated rings. The summed E-state index contributed by atoms with van der Waals surface area (Å²) in [5.74, 6) is 0. The zero-order valence-corrected chi connectivity index (χ0v) is 12.9. The number of hydrogen-bond donors (Lipinski definition) is 1. The fraction of sp³-hybridized carbons (Fsp3) is 0.571. The largest absolute Gasteiger partial charge is 0.295 e. The Morgan fingerprint density at radius 1 is 1.40 bits per heavy atom. The van der Waals surface area contributed by atoms with Crippen LogP contribution in [0, 0.1) is 0 Å². The van der Waals surface area contributed by atoms with Gasteiger partial charge in [0.2, 0.25) is 0 Å². The number of aryl methyl sites for hydroxylation is 1. The lowest BCUT2D eigenvalue weighted by atomic mass is 10.2. The zero-order valence-electron chi connectivity index (χ0n) is 11.3. The Morgan fingerprint density at radius 3 is 3.20 bits per heavy atom. The van der Waals surface area contributed by atoms with Crippen LogP contribution in [0.5, 0.6) is 0 Å². The quantitative estimate of drug-likeness (QED) is 0.936. The second-order valence-electron chi connectivity index (χ2n) is 5.80. The van der Waals surface area contributed by atoms with E-state index in [1.807, 2.05) is 6.20 Å². The molecule has 1 atom stereocenters. The Labute approximate surface area is 126 Å². The third-order valence-electron chi connectivity index (χ3n) is 4.46. The van der Waals surface area contributed by atoms with E-state index < -0.39 is 0 Å². The minimum Gasteiger partial charge on any atom is -0.295 e. The van der Waals surface area contributed by atoms with Gasteiger partial charge < -0.3 is 0 Å². The Morgan fingerprint density at radius 2 is 2.35 bits per heavy atom. The summed E-state index contributed by atoms with van der Waals surface area (Å²) in [6.07, 6.45) is 8.75.